The molecule has 0 bridgehead atoms. The van der Waals surface area contributed by atoms with E-state index in [1.54, 1.807) is 28.8 Å². The molecule has 1 saturated heterocycles. The van der Waals surface area contributed by atoms with Crippen molar-refractivity contribution in [3.63, 3.8) is 0 Å². The second-order valence-corrected chi connectivity index (χ2v) is 9.64. The number of likely N-dealkylation sites (tertiary alicyclic amines) is 1. The van der Waals surface area contributed by atoms with Gasteiger partial charge in [-0.3, -0.25) is 0 Å². The Bertz CT molecular complexity index is 1110. The van der Waals surface area contributed by atoms with Crippen molar-refractivity contribution in [1.29, 1.82) is 0 Å². The highest BCUT2D eigenvalue weighted by Gasteiger charge is 2.21. The molecule has 0 spiro atoms. The molecule has 0 aliphatic carbocycles. The normalized spacial score (nSPS) is 16.3. The summed E-state index contributed by atoms with van der Waals surface area (Å²) in [4.78, 5) is 2.17. The SMILES string of the molecule is CS(=O)(=O)CCN1CCC(Nc2ccc3nnc(-c4ccccc4F)n3n2)CC1. The van der Waals surface area contributed by atoms with Crippen LogP contribution < -0.4 is 5.32 Å². The van der Waals surface area contributed by atoms with Gasteiger partial charge in [-0.1, -0.05) is 12.1 Å². The molecule has 0 saturated carbocycles. The van der Waals surface area contributed by atoms with Crippen LogP contribution >= 0.6 is 0 Å². The van der Waals surface area contributed by atoms with Gasteiger partial charge in [-0.25, -0.2) is 12.8 Å². The third-order valence-corrected chi connectivity index (χ3v) is 6.02. The molecule has 3 heterocycles. The Morgan fingerprint density at radius 2 is 1.90 bits per heavy atom. The van der Waals surface area contributed by atoms with Crippen molar-refractivity contribution in [2.45, 2.75) is 18.9 Å². The molecule has 154 valence electrons. The van der Waals surface area contributed by atoms with Crippen LogP contribution in [0.4, 0.5) is 10.2 Å². The van der Waals surface area contributed by atoms with E-state index < -0.39 is 9.84 Å². The first-order valence-electron chi connectivity index (χ1n) is 9.53. The number of nitrogens with zero attached hydrogens (tertiary/aromatic N) is 5. The van der Waals surface area contributed by atoms with Gasteiger partial charge in [0.2, 0.25) is 0 Å². The second-order valence-electron chi connectivity index (χ2n) is 7.38. The Balaban J connectivity index is 1.44. The molecule has 1 fully saturated rings. The van der Waals surface area contributed by atoms with Crippen molar-refractivity contribution in [1.82, 2.24) is 24.7 Å². The zero-order chi connectivity index (χ0) is 20.4. The monoisotopic (exact) mass is 418 g/mol. The summed E-state index contributed by atoms with van der Waals surface area (Å²) in [7, 11) is -2.94. The van der Waals surface area contributed by atoms with Crippen molar-refractivity contribution < 1.29 is 12.8 Å². The van der Waals surface area contributed by atoms with Crippen LogP contribution in [0.2, 0.25) is 0 Å². The lowest BCUT2D eigenvalue weighted by atomic mass is 10.1. The Labute approximate surface area is 168 Å². The van der Waals surface area contributed by atoms with E-state index in [1.807, 2.05) is 6.07 Å². The van der Waals surface area contributed by atoms with Crippen molar-refractivity contribution in [3.05, 3.63) is 42.2 Å². The Morgan fingerprint density at radius 1 is 1.14 bits per heavy atom. The number of benzene rings is 1. The van der Waals surface area contributed by atoms with Crippen LogP contribution in [0.1, 0.15) is 12.8 Å². The number of sulfone groups is 1. The molecule has 0 unspecified atom stereocenters. The molecule has 1 N–H and O–H groups in total. The second kappa shape index (κ2) is 8.03. The standard InChI is InChI=1S/C19H23FN6O2S/c1-29(27,28)13-12-25-10-8-14(9-11-25)21-17-6-7-18-22-23-19(26(18)24-17)15-4-2-3-5-16(15)20/h2-7,14H,8-13H2,1H3,(H,21,24). The fourth-order valence-corrected chi connectivity index (χ4v) is 4.07. The molecule has 8 nitrogen and oxygen atoms in total. The lowest BCUT2D eigenvalue weighted by molar-refractivity contribution is 0.230. The zero-order valence-electron chi connectivity index (χ0n) is 16.1. The van der Waals surface area contributed by atoms with Crippen LogP contribution in [0.25, 0.3) is 17.0 Å². The lowest BCUT2D eigenvalue weighted by Gasteiger charge is -2.32. The summed E-state index contributed by atoms with van der Waals surface area (Å²) < 4.78 is 38.4. The Kier molecular flexibility index (Phi) is 5.46. The smallest absolute Gasteiger partial charge is 0.188 e. The van der Waals surface area contributed by atoms with E-state index in [0.717, 1.165) is 25.9 Å². The molecule has 0 radical (unpaired) electrons. The van der Waals surface area contributed by atoms with E-state index in [2.05, 4.69) is 25.5 Å². The molecule has 4 rings (SSSR count). The van der Waals surface area contributed by atoms with Crippen LogP contribution in [-0.2, 0) is 9.84 Å². The molecule has 1 aromatic carbocycles. The molecule has 2 aromatic heterocycles. The third-order valence-electron chi connectivity index (χ3n) is 5.10. The molecule has 3 aromatic rings. The van der Waals surface area contributed by atoms with Crippen LogP contribution in [0.5, 0.6) is 0 Å². The quantitative estimate of drug-likeness (QED) is 0.653. The highest BCUT2D eigenvalue weighted by molar-refractivity contribution is 7.90. The number of halogens is 1. The minimum atomic E-state index is -2.94. The number of aromatic nitrogens is 4. The van der Waals surface area contributed by atoms with E-state index in [-0.39, 0.29) is 17.6 Å². The van der Waals surface area contributed by atoms with Gasteiger partial charge in [-0.2, -0.15) is 4.52 Å². The maximum atomic E-state index is 14.2. The molecule has 1 aliphatic rings. The van der Waals surface area contributed by atoms with E-state index in [0.29, 0.717) is 29.4 Å². The average Bonchev–Trinajstić information content (AvgIpc) is 3.10. The minimum absolute atomic E-state index is 0.190. The first-order chi connectivity index (χ1) is 13.9. The highest BCUT2D eigenvalue weighted by atomic mass is 32.2. The molecule has 0 atom stereocenters. The topological polar surface area (TPSA) is 92.5 Å². The van der Waals surface area contributed by atoms with Crippen molar-refractivity contribution in [2.24, 2.45) is 0 Å². The van der Waals surface area contributed by atoms with Gasteiger partial charge in [0.15, 0.2) is 11.5 Å². The van der Waals surface area contributed by atoms with E-state index in [1.165, 1.54) is 12.3 Å². The predicted molar refractivity (Wildman–Crippen MR) is 109 cm³/mol. The van der Waals surface area contributed by atoms with Crippen LogP contribution in [0, 0.1) is 5.82 Å². The van der Waals surface area contributed by atoms with Crippen molar-refractivity contribution in [3.8, 4) is 11.4 Å². The molecule has 29 heavy (non-hydrogen) atoms. The van der Waals surface area contributed by atoms with Crippen molar-refractivity contribution in [2.75, 3.05) is 37.0 Å². The van der Waals surface area contributed by atoms with Gasteiger partial charge in [0.1, 0.15) is 21.5 Å². The number of rotatable bonds is 6. The molecular formula is C19H23FN6O2S. The number of piperidine rings is 1. The number of anilines is 1. The zero-order valence-corrected chi connectivity index (χ0v) is 16.9. The number of hydrogen-bond acceptors (Lipinski definition) is 7. The minimum Gasteiger partial charge on any atom is -0.366 e. The summed E-state index contributed by atoms with van der Waals surface area (Å²) in [5.74, 6) is 0.848. The summed E-state index contributed by atoms with van der Waals surface area (Å²) in [6, 6.07) is 10.3. The van der Waals surface area contributed by atoms with Crippen molar-refractivity contribution >= 4 is 21.3 Å². The maximum absolute atomic E-state index is 14.2. The first-order valence-corrected chi connectivity index (χ1v) is 11.6. The fourth-order valence-electron chi connectivity index (χ4n) is 3.48. The van der Waals surface area contributed by atoms with Gasteiger partial charge in [0, 0.05) is 31.9 Å². The first kappa shape index (κ1) is 19.7. The molecule has 0 amide bonds. The van der Waals surface area contributed by atoms with E-state index >= 15 is 0 Å². The largest absolute Gasteiger partial charge is 0.366 e. The summed E-state index contributed by atoms with van der Waals surface area (Å²) in [5.41, 5.74) is 0.897. The van der Waals surface area contributed by atoms with Crippen LogP contribution in [0.15, 0.2) is 36.4 Å². The van der Waals surface area contributed by atoms with Gasteiger partial charge < -0.3 is 10.2 Å². The predicted octanol–water partition coefficient (Wildman–Crippen LogP) is 1.85. The van der Waals surface area contributed by atoms with E-state index in [4.69, 9.17) is 0 Å². The lowest BCUT2D eigenvalue weighted by Crippen LogP contribution is -2.41. The molecule has 1 aliphatic heterocycles. The summed E-state index contributed by atoms with van der Waals surface area (Å²) in [6.45, 7) is 2.24. The van der Waals surface area contributed by atoms with Gasteiger partial charge in [-0.05, 0) is 37.1 Å². The highest BCUT2D eigenvalue weighted by Crippen LogP contribution is 2.22. The van der Waals surface area contributed by atoms with Crippen LogP contribution in [0.3, 0.4) is 0 Å². The van der Waals surface area contributed by atoms with Crippen LogP contribution in [-0.4, -0.2) is 70.8 Å². The average molecular weight is 418 g/mol. The summed E-state index contributed by atoms with van der Waals surface area (Å²) >= 11 is 0. The third kappa shape index (κ3) is 4.70. The molecule has 10 heteroatoms. The van der Waals surface area contributed by atoms with E-state index in [9.17, 15) is 12.8 Å². The number of hydrogen-bond donors (Lipinski definition) is 1. The Hall–Kier alpha value is -2.59. The maximum Gasteiger partial charge on any atom is 0.188 e. The van der Waals surface area contributed by atoms with Gasteiger partial charge in [-0.15, -0.1) is 15.3 Å². The number of nitrogens with one attached hydrogen (secondary N) is 1. The van der Waals surface area contributed by atoms with Gasteiger partial charge in [0.25, 0.3) is 0 Å². The summed E-state index contributed by atoms with van der Waals surface area (Å²) in [5, 5.41) is 16.1. The van der Waals surface area contributed by atoms with Gasteiger partial charge >= 0.3 is 0 Å². The summed E-state index contributed by atoms with van der Waals surface area (Å²) in [6.07, 6.45) is 3.06. The Morgan fingerprint density at radius 3 is 2.62 bits per heavy atom. The number of fused-ring (bicyclic) bond motifs is 1. The molecular weight excluding hydrogens is 395 g/mol. The van der Waals surface area contributed by atoms with Gasteiger partial charge in [0.05, 0.1) is 11.3 Å². The fraction of sp³-hybridized carbons (Fsp3) is 0.421.